The summed E-state index contributed by atoms with van der Waals surface area (Å²) in [6.45, 7) is 1.57. The van der Waals surface area contributed by atoms with Crippen molar-refractivity contribution in [1.29, 1.82) is 5.26 Å². The van der Waals surface area contributed by atoms with E-state index < -0.39 is 0 Å². The molecule has 1 aromatic carbocycles. The fraction of sp³-hybridized carbons (Fsp3) is 0.200. The van der Waals surface area contributed by atoms with E-state index in [-0.39, 0.29) is 12.1 Å². The predicted molar refractivity (Wildman–Crippen MR) is 102 cm³/mol. The van der Waals surface area contributed by atoms with Crippen molar-refractivity contribution < 1.29 is 4.79 Å². The molecule has 2 aromatic heterocycles. The first-order valence-corrected chi connectivity index (χ1v) is 9.45. The molecule has 0 bridgehead atoms. The monoisotopic (exact) mass is 362 g/mol. The molecule has 6 heteroatoms. The second-order valence-corrected chi connectivity index (χ2v) is 7.04. The summed E-state index contributed by atoms with van der Waals surface area (Å²) in [5, 5.41) is 16.2. The topological polar surface area (TPSA) is 61.1 Å². The molecule has 0 saturated heterocycles. The third-order valence-electron chi connectivity index (χ3n) is 4.62. The first kappa shape index (κ1) is 16.4. The Kier molecular flexibility index (Phi) is 4.46. The number of amides is 2. The van der Waals surface area contributed by atoms with Gasteiger partial charge >= 0.3 is 6.03 Å². The Balaban J connectivity index is 1.67. The summed E-state index contributed by atoms with van der Waals surface area (Å²) in [5.41, 5.74) is 3.42. The average Bonchev–Trinajstić information content (AvgIpc) is 3.31. The SMILES string of the molecule is N#Cc1cccc(NC(=O)N2CCCn3cccc3C2c2ccsc2)c1. The third kappa shape index (κ3) is 3.09. The van der Waals surface area contributed by atoms with Gasteiger partial charge in [-0.1, -0.05) is 6.07 Å². The zero-order chi connectivity index (χ0) is 17.9. The molecule has 1 aliphatic heterocycles. The van der Waals surface area contributed by atoms with Crippen molar-refractivity contribution in [2.24, 2.45) is 0 Å². The molecule has 26 heavy (non-hydrogen) atoms. The van der Waals surface area contributed by atoms with Gasteiger partial charge in [-0.3, -0.25) is 0 Å². The zero-order valence-corrected chi connectivity index (χ0v) is 14.9. The van der Waals surface area contributed by atoms with Gasteiger partial charge in [-0.15, -0.1) is 0 Å². The van der Waals surface area contributed by atoms with E-state index in [0.29, 0.717) is 17.8 Å². The van der Waals surface area contributed by atoms with Crippen LogP contribution in [0.1, 0.15) is 29.3 Å². The second-order valence-electron chi connectivity index (χ2n) is 6.26. The van der Waals surface area contributed by atoms with Crippen LogP contribution < -0.4 is 5.32 Å². The smallest absolute Gasteiger partial charge is 0.322 e. The highest BCUT2D eigenvalue weighted by molar-refractivity contribution is 7.08. The van der Waals surface area contributed by atoms with Crippen molar-refractivity contribution in [3.8, 4) is 6.07 Å². The number of thiophene rings is 1. The Morgan fingerprint density at radius 2 is 2.15 bits per heavy atom. The summed E-state index contributed by atoms with van der Waals surface area (Å²) < 4.78 is 2.23. The fourth-order valence-electron chi connectivity index (χ4n) is 3.44. The number of aromatic nitrogens is 1. The maximum Gasteiger partial charge on any atom is 0.322 e. The lowest BCUT2D eigenvalue weighted by Crippen LogP contribution is -2.38. The lowest BCUT2D eigenvalue weighted by atomic mass is 10.1. The highest BCUT2D eigenvalue weighted by Gasteiger charge is 2.31. The molecule has 0 radical (unpaired) electrons. The van der Waals surface area contributed by atoms with Crippen molar-refractivity contribution in [3.63, 3.8) is 0 Å². The molecule has 130 valence electrons. The van der Waals surface area contributed by atoms with Crippen molar-refractivity contribution in [2.45, 2.75) is 19.0 Å². The van der Waals surface area contributed by atoms with E-state index in [1.54, 1.807) is 35.6 Å². The van der Waals surface area contributed by atoms with Crippen molar-refractivity contribution in [3.05, 3.63) is 76.2 Å². The van der Waals surface area contributed by atoms with E-state index in [2.05, 4.69) is 39.7 Å². The van der Waals surface area contributed by atoms with Gasteiger partial charge in [-0.2, -0.15) is 16.6 Å². The lowest BCUT2D eigenvalue weighted by molar-refractivity contribution is 0.199. The number of benzene rings is 1. The van der Waals surface area contributed by atoms with Crippen LogP contribution in [0.2, 0.25) is 0 Å². The number of hydrogen-bond acceptors (Lipinski definition) is 3. The van der Waals surface area contributed by atoms with Crippen molar-refractivity contribution in [2.75, 3.05) is 11.9 Å². The number of aryl methyl sites for hydroxylation is 1. The first-order valence-electron chi connectivity index (χ1n) is 8.51. The molecule has 4 rings (SSSR count). The summed E-state index contributed by atoms with van der Waals surface area (Å²) in [4.78, 5) is 15.0. The highest BCUT2D eigenvalue weighted by atomic mass is 32.1. The number of fused-ring (bicyclic) bond motifs is 1. The number of urea groups is 1. The molecular formula is C20H18N4OS. The largest absolute Gasteiger partial charge is 0.349 e. The van der Waals surface area contributed by atoms with E-state index in [1.807, 2.05) is 16.3 Å². The van der Waals surface area contributed by atoms with Crippen LogP contribution >= 0.6 is 11.3 Å². The van der Waals surface area contributed by atoms with E-state index >= 15 is 0 Å². The molecular weight excluding hydrogens is 344 g/mol. The Hall–Kier alpha value is -3.04. The van der Waals surface area contributed by atoms with Gasteiger partial charge in [-0.25, -0.2) is 4.79 Å². The van der Waals surface area contributed by atoms with Crippen LogP contribution in [-0.2, 0) is 6.54 Å². The molecule has 5 nitrogen and oxygen atoms in total. The quantitative estimate of drug-likeness (QED) is 0.732. The Morgan fingerprint density at radius 1 is 1.23 bits per heavy atom. The van der Waals surface area contributed by atoms with Crippen LogP contribution in [0.5, 0.6) is 0 Å². The predicted octanol–water partition coefficient (Wildman–Crippen LogP) is 4.45. The lowest BCUT2D eigenvalue weighted by Gasteiger charge is -2.30. The normalized spacial score (nSPS) is 16.4. The third-order valence-corrected chi connectivity index (χ3v) is 5.32. The first-order chi connectivity index (χ1) is 12.8. The Bertz CT molecular complexity index is 954. The van der Waals surface area contributed by atoms with Gasteiger partial charge < -0.3 is 14.8 Å². The molecule has 0 saturated carbocycles. The van der Waals surface area contributed by atoms with Crippen LogP contribution in [0.15, 0.2) is 59.4 Å². The Morgan fingerprint density at radius 3 is 2.96 bits per heavy atom. The molecule has 0 fully saturated rings. The van der Waals surface area contributed by atoms with Crippen LogP contribution in [0.25, 0.3) is 0 Å². The maximum absolute atomic E-state index is 13.1. The van der Waals surface area contributed by atoms with Crippen LogP contribution in [0, 0.1) is 11.3 Å². The zero-order valence-electron chi connectivity index (χ0n) is 14.1. The number of rotatable bonds is 2. The number of anilines is 1. The summed E-state index contributed by atoms with van der Waals surface area (Å²) in [6, 6.07) is 15.0. The minimum absolute atomic E-state index is 0.113. The van der Waals surface area contributed by atoms with Gasteiger partial charge in [0, 0.05) is 30.7 Å². The molecule has 1 N–H and O–H groups in total. The summed E-state index contributed by atoms with van der Waals surface area (Å²) >= 11 is 1.64. The average molecular weight is 362 g/mol. The number of carbonyl (C=O) groups is 1. The Labute approximate surface area is 156 Å². The van der Waals surface area contributed by atoms with Gasteiger partial charge in [0.05, 0.1) is 17.7 Å². The molecule has 1 aliphatic rings. The maximum atomic E-state index is 13.1. The van der Waals surface area contributed by atoms with Gasteiger partial charge in [0.2, 0.25) is 0 Å². The van der Waals surface area contributed by atoms with Crippen LogP contribution in [0.4, 0.5) is 10.5 Å². The van der Waals surface area contributed by atoms with Gasteiger partial charge in [0.15, 0.2) is 0 Å². The van der Waals surface area contributed by atoms with Gasteiger partial charge in [0.1, 0.15) is 0 Å². The number of hydrogen-bond donors (Lipinski definition) is 1. The van der Waals surface area contributed by atoms with Crippen LogP contribution in [0.3, 0.4) is 0 Å². The molecule has 0 spiro atoms. The molecule has 1 atom stereocenters. The standard InChI is InChI=1S/C20H18N4OS/c21-13-15-4-1-5-17(12-15)22-20(25)24-10-3-9-23-8-2-6-18(23)19(24)16-7-11-26-14-16/h1-2,4-8,11-12,14,19H,3,9-10H2,(H,22,25). The van der Waals surface area contributed by atoms with Gasteiger partial charge in [0.25, 0.3) is 0 Å². The molecule has 0 aliphatic carbocycles. The van der Waals surface area contributed by atoms with E-state index in [0.717, 1.165) is 24.2 Å². The summed E-state index contributed by atoms with van der Waals surface area (Å²) in [5.74, 6) is 0. The summed E-state index contributed by atoms with van der Waals surface area (Å²) in [6.07, 6.45) is 2.97. The highest BCUT2D eigenvalue weighted by Crippen LogP contribution is 2.33. The van der Waals surface area contributed by atoms with E-state index in [1.165, 1.54) is 0 Å². The minimum atomic E-state index is -0.147. The van der Waals surface area contributed by atoms with E-state index in [9.17, 15) is 4.79 Å². The number of nitrogens with zero attached hydrogens (tertiary/aromatic N) is 3. The second kappa shape index (κ2) is 7.06. The number of nitrogens with one attached hydrogen (secondary N) is 1. The number of nitriles is 1. The molecule has 3 heterocycles. The van der Waals surface area contributed by atoms with Crippen LogP contribution in [-0.4, -0.2) is 22.0 Å². The summed E-state index contributed by atoms with van der Waals surface area (Å²) in [7, 11) is 0. The van der Waals surface area contributed by atoms with E-state index in [4.69, 9.17) is 5.26 Å². The molecule has 3 aromatic rings. The van der Waals surface area contributed by atoms with Crippen molar-refractivity contribution >= 4 is 23.1 Å². The molecule has 1 unspecified atom stereocenters. The van der Waals surface area contributed by atoms with Gasteiger partial charge in [-0.05, 0) is 59.1 Å². The fourth-order valence-corrected chi connectivity index (χ4v) is 4.12. The minimum Gasteiger partial charge on any atom is -0.349 e. The molecule has 2 amide bonds. The number of carbonyl (C=O) groups excluding carboxylic acids is 1. The van der Waals surface area contributed by atoms with Crippen molar-refractivity contribution in [1.82, 2.24) is 9.47 Å².